The fraction of sp³-hybridized carbons (Fsp3) is 0.593. The maximum absolute atomic E-state index is 12.8. The Labute approximate surface area is 224 Å². The van der Waals surface area contributed by atoms with Crippen LogP contribution in [-0.2, 0) is 9.57 Å². The molecule has 2 aromatic rings. The fourth-order valence-corrected chi connectivity index (χ4v) is 4.58. The number of nitrogens with zero attached hydrogens (tertiary/aromatic N) is 4. The number of likely N-dealkylation sites (tertiary alicyclic amines) is 1. The van der Waals surface area contributed by atoms with Gasteiger partial charge in [0.2, 0.25) is 5.88 Å². The van der Waals surface area contributed by atoms with E-state index in [0.29, 0.717) is 50.5 Å². The van der Waals surface area contributed by atoms with Gasteiger partial charge in [-0.05, 0) is 58.6 Å². The molecule has 3 heterocycles. The van der Waals surface area contributed by atoms with E-state index in [1.54, 1.807) is 9.58 Å². The maximum atomic E-state index is 12.8. The van der Waals surface area contributed by atoms with Crippen LogP contribution >= 0.6 is 0 Å². The molecular weight excluding hydrogens is 488 g/mol. The summed E-state index contributed by atoms with van der Waals surface area (Å²) in [5, 5.41) is 12.4. The normalized spacial score (nSPS) is 20.0. The number of hydroxylamine groups is 2. The maximum Gasteiger partial charge on any atom is 0.410 e. The molecule has 2 atom stereocenters. The van der Waals surface area contributed by atoms with E-state index in [-0.39, 0.29) is 18.2 Å². The molecule has 38 heavy (non-hydrogen) atoms. The van der Waals surface area contributed by atoms with Gasteiger partial charge in [-0.2, -0.15) is 5.06 Å². The zero-order valence-electron chi connectivity index (χ0n) is 23.0. The van der Waals surface area contributed by atoms with E-state index in [2.05, 4.69) is 15.7 Å². The summed E-state index contributed by atoms with van der Waals surface area (Å²) < 4.78 is 13.3. The molecule has 1 unspecified atom stereocenters. The lowest BCUT2D eigenvalue weighted by atomic mass is 10.1. The van der Waals surface area contributed by atoms with E-state index in [1.165, 1.54) is 0 Å². The Morgan fingerprint density at radius 1 is 1.18 bits per heavy atom. The van der Waals surface area contributed by atoms with E-state index >= 15 is 0 Å². The summed E-state index contributed by atoms with van der Waals surface area (Å²) in [6, 6.07) is 9.20. The Hall–Kier alpha value is -3.31. The largest absolute Gasteiger partial charge is 0.476 e. The number of carbonyl (C=O) groups excluding carboxylic acids is 2. The van der Waals surface area contributed by atoms with Gasteiger partial charge in [0, 0.05) is 26.2 Å². The molecule has 4 rings (SSSR count). The minimum atomic E-state index is -0.503. The van der Waals surface area contributed by atoms with Crippen molar-refractivity contribution >= 4 is 17.9 Å². The Balaban J connectivity index is 1.37. The third-order valence-corrected chi connectivity index (χ3v) is 6.58. The summed E-state index contributed by atoms with van der Waals surface area (Å²) in [6.45, 7) is 13.2. The van der Waals surface area contributed by atoms with Crippen LogP contribution in [0.15, 0.2) is 30.3 Å². The average molecular weight is 529 g/mol. The van der Waals surface area contributed by atoms with E-state index in [4.69, 9.17) is 14.3 Å². The highest BCUT2D eigenvalue weighted by Gasteiger charge is 2.30. The molecule has 208 valence electrons. The number of nitrogens with one attached hydrogen (secondary N) is 2. The second-order valence-corrected chi connectivity index (χ2v) is 10.8. The van der Waals surface area contributed by atoms with Crippen molar-refractivity contribution in [1.29, 1.82) is 0 Å². The highest BCUT2D eigenvalue weighted by molar-refractivity contribution is 5.90. The van der Waals surface area contributed by atoms with Gasteiger partial charge in [-0.15, -0.1) is 5.10 Å². The van der Waals surface area contributed by atoms with Crippen LogP contribution in [0.3, 0.4) is 0 Å². The number of hydrogen-bond acceptors (Lipinski definition) is 7. The first-order valence-electron chi connectivity index (χ1n) is 13.3. The van der Waals surface area contributed by atoms with Crippen LogP contribution in [0.4, 0.5) is 15.4 Å². The van der Waals surface area contributed by atoms with Crippen LogP contribution in [0.2, 0.25) is 0 Å². The van der Waals surface area contributed by atoms with E-state index < -0.39 is 5.60 Å². The van der Waals surface area contributed by atoms with Gasteiger partial charge in [0.15, 0.2) is 0 Å². The average Bonchev–Trinajstić information content (AvgIpc) is 3.60. The smallest absolute Gasteiger partial charge is 0.410 e. The zero-order valence-corrected chi connectivity index (χ0v) is 23.0. The number of benzene rings is 1. The molecule has 2 N–H and O–H groups in total. The quantitative estimate of drug-likeness (QED) is 0.534. The van der Waals surface area contributed by atoms with Gasteiger partial charge in [-0.3, -0.25) is 10.2 Å². The van der Waals surface area contributed by atoms with Gasteiger partial charge in [0.25, 0.3) is 0 Å². The van der Waals surface area contributed by atoms with Crippen LogP contribution in [0.5, 0.6) is 5.88 Å². The van der Waals surface area contributed by atoms with Crippen molar-refractivity contribution < 1.29 is 23.9 Å². The summed E-state index contributed by atoms with van der Waals surface area (Å²) in [5.41, 5.74) is 1.05. The van der Waals surface area contributed by atoms with Crippen molar-refractivity contribution in [3.8, 4) is 11.6 Å². The Kier molecular flexibility index (Phi) is 8.78. The summed E-state index contributed by atoms with van der Waals surface area (Å²) >= 11 is 0. The van der Waals surface area contributed by atoms with Crippen LogP contribution < -0.4 is 15.4 Å². The predicted octanol–water partition coefficient (Wildman–Crippen LogP) is 3.96. The Morgan fingerprint density at radius 3 is 2.63 bits per heavy atom. The standard InChI is InChI=1S/C27H40N6O5/c1-6-32-17-21(18-37-32)28-25(34)29-23-19(2)24(30-33(23)22-10-8-7-9-11-22)36-15-13-20-12-14-31(16-20)26(35)38-27(3,4)5/h7-11,20-21H,6,12-18H2,1-5H3,(H2,28,29,34)/t20?,21-/m1/s1. The number of hydrogen-bond donors (Lipinski definition) is 2. The van der Waals surface area contributed by atoms with E-state index in [9.17, 15) is 9.59 Å². The van der Waals surface area contributed by atoms with Gasteiger partial charge >= 0.3 is 12.1 Å². The summed E-state index contributed by atoms with van der Waals surface area (Å²) in [6.07, 6.45) is 1.43. The molecule has 0 aliphatic carbocycles. The van der Waals surface area contributed by atoms with Crippen molar-refractivity contribution in [2.24, 2.45) is 5.92 Å². The third-order valence-electron chi connectivity index (χ3n) is 6.58. The van der Waals surface area contributed by atoms with Crippen molar-refractivity contribution in [2.45, 2.75) is 59.1 Å². The lowest BCUT2D eigenvalue weighted by Gasteiger charge is -2.24. The highest BCUT2D eigenvalue weighted by atomic mass is 16.7. The minimum Gasteiger partial charge on any atom is -0.476 e. The number of likely N-dealkylation sites (N-methyl/N-ethyl adjacent to an activating group) is 1. The number of carbonyl (C=O) groups is 2. The molecule has 11 nitrogen and oxygen atoms in total. The van der Waals surface area contributed by atoms with Crippen molar-refractivity contribution in [3.63, 3.8) is 0 Å². The first-order valence-corrected chi connectivity index (χ1v) is 13.3. The SMILES string of the molecule is CCN1C[C@@H](NC(=O)Nc2c(C)c(OCCC3CCN(C(=O)OC(C)(C)C)C3)nn2-c2ccccc2)CO1. The lowest BCUT2D eigenvalue weighted by molar-refractivity contribution is -0.105. The van der Waals surface area contributed by atoms with Crippen molar-refractivity contribution in [3.05, 3.63) is 35.9 Å². The molecule has 0 saturated carbocycles. The molecule has 1 aromatic carbocycles. The van der Waals surface area contributed by atoms with Crippen molar-refractivity contribution in [2.75, 3.05) is 44.7 Å². The topological polar surface area (TPSA) is 110 Å². The minimum absolute atomic E-state index is 0.0919. The monoisotopic (exact) mass is 528 g/mol. The first-order chi connectivity index (χ1) is 18.1. The number of rotatable bonds is 8. The predicted molar refractivity (Wildman–Crippen MR) is 143 cm³/mol. The van der Waals surface area contributed by atoms with E-state index in [1.807, 2.05) is 70.0 Å². The fourth-order valence-electron chi connectivity index (χ4n) is 4.58. The Bertz CT molecular complexity index is 1100. The first kappa shape index (κ1) is 27.7. The lowest BCUT2D eigenvalue weighted by Crippen LogP contribution is -2.41. The molecule has 0 bridgehead atoms. The third kappa shape index (κ3) is 7.16. The number of para-hydroxylation sites is 1. The number of aromatic nitrogens is 2. The van der Waals surface area contributed by atoms with Gasteiger partial charge in [-0.1, -0.05) is 25.1 Å². The molecule has 3 amide bonds. The van der Waals surface area contributed by atoms with Gasteiger partial charge in [-0.25, -0.2) is 14.3 Å². The van der Waals surface area contributed by atoms with Gasteiger partial charge in [0.1, 0.15) is 11.4 Å². The molecule has 2 aliphatic rings. The number of ether oxygens (including phenoxy) is 2. The number of amides is 3. The van der Waals surface area contributed by atoms with Crippen molar-refractivity contribution in [1.82, 2.24) is 25.1 Å². The molecule has 1 aromatic heterocycles. The summed E-state index contributed by atoms with van der Waals surface area (Å²) in [4.78, 5) is 32.5. The van der Waals surface area contributed by atoms with Gasteiger partial charge < -0.3 is 19.7 Å². The molecular formula is C27H40N6O5. The van der Waals surface area contributed by atoms with Crippen LogP contribution in [0.25, 0.3) is 5.69 Å². The summed E-state index contributed by atoms with van der Waals surface area (Å²) in [7, 11) is 0. The van der Waals surface area contributed by atoms with Crippen LogP contribution in [0, 0.1) is 12.8 Å². The molecule has 0 radical (unpaired) electrons. The highest BCUT2D eigenvalue weighted by Crippen LogP contribution is 2.29. The molecule has 2 saturated heterocycles. The second kappa shape index (κ2) is 12.0. The van der Waals surface area contributed by atoms with Gasteiger partial charge in [0.05, 0.1) is 30.5 Å². The molecule has 2 fully saturated rings. The molecule has 11 heteroatoms. The Morgan fingerprint density at radius 2 is 1.95 bits per heavy atom. The van der Waals surface area contributed by atoms with Crippen LogP contribution in [-0.4, -0.2) is 82.9 Å². The number of anilines is 1. The number of urea groups is 1. The second-order valence-electron chi connectivity index (χ2n) is 10.8. The van der Waals surface area contributed by atoms with E-state index in [0.717, 1.165) is 30.6 Å². The molecule has 0 spiro atoms. The summed E-state index contributed by atoms with van der Waals surface area (Å²) in [5.74, 6) is 1.35. The zero-order chi connectivity index (χ0) is 27.3. The van der Waals surface area contributed by atoms with Crippen LogP contribution in [0.1, 0.15) is 46.1 Å². The molecule has 2 aliphatic heterocycles.